The number of amides is 4. The number of carbonyl (C=O) groups is 4. The summed E-state index contributed by atoms with van der Waals surface area (Å²) in [6, 6.07) is 11.1. The summed E-state index contributed by atoms with van der Waals surface area (Å²) in [7, 11) is 0. The molecular formula is C23H21N3O5. The first-order valence-corrected chi connectivity index (χ1v) is 9.83. The van der Waals surface area contributed by atoms with E-state index in [1.165, 1.54) is 11.8 Å². The van der Waals surface area contributed by atoms with Gasteiger partial charge in [0.25, 0.3) is 11.8 Å². The SMILES string of the molecule is C=CCN1C(=O)COc2ccc(C(=O)C(C)N3C(=O)NC(c4ccccc4)C3=O)cc21. The van der Waals surface area contributed by atoms with Crippen molar-refractivity contribution in [2.75, 3.05) is 18.1 Å². The number of hydrogen-bond donors (Lipinski definition) is 1. The van der Waals surface area contributed by atoms with Gasteiger partial charge in [-0.2, -0.15) is 0 Å². The largest absolute Gasteiger partial charge is 0.482 e. The minimum atomic E-state index is -1.02. The molecule has 2 unspecified atom stereocenters. The summed E-state index contributed by atoms with van der Waals surface area (Å²) in [5.41, 5.74) is 1.36. The molecule has 2 aromatic rings. The Morgan fingerprint density at radius 3 is 2.68 bits per heavy atom. The molecule has 2 aliphatic heterocycles. The van der Waals surface area contributed by atoms with E-state index in [9.17, 15) is 19.2 Å². The lowest BCUT2D eigenvalue weighted by Gasteiger charge is -2.29. The van der Waals surface area contributed by atoms with Crippen molar-refractivity contribution in [1.82, 2.24) is 10.2 Å². The van der Waals surface area contributed by atoms with Gasteiger partial charge in [-0.05, 0) is 30.7 Å². The molecule has 2 aliphatic rings. The minimum absolute atomic E-state index is 0.0894. The second kappa shape index (κ2) is 8.06. The summed E-state index contributed by atoms with van der Waals surface area (Å²) in [6.45, 7) is 5.35. The number of nitrogens with zero attached hydrogens (tertiary/aromatic N) is 2. The quantitative estimate of drug-likeness (QED) is 0.441. The first-order valence-electron chi connectivity index (χ1n) is 9.83. The number of rotatable bonds is 6. The van der Waals surface area contributed by atoms with Crippen LogP contribution in [0.1, 0.15) is 28.9 Å². The van der Waals surface area contributed by atoms with Crippen molar-refractivity contribution >= 4 is 29.3 Å². The smallest absolute Gasteiger partial charge is 0.325 e. The molecule has 0 bridgehead atoms. The van der Waals surface area contributed by atoms with E-state index in [0.717, 1.165) is 4.90 Å². The third-order valence-corrected chi connectivity index (χ3v) is 5.37. The highest BCUT2D eigenvalue weighted by Crippen LogP contribution is 2.34. The van der Waals surface area contributed by atoms with Gasteiger partial charge < -0.3 is 15.0 Å². The van der Waals surface area contributed by atoms with Crippen molar-refractivity contribution in [2.24, 2.45) is 0 Å². The van der Waals surface area contributed by atoms with E-state index in [-0.39, 0.29) is 24.6 Å². The fraction of sp³-hybridized carbons (Fsp3) is 0.217. The second-order valence-corrected chi connectivity index (χ2v) is 7.31. The monoisotopic (exact) mass is 419 g/mol. The molecular weight excluding hydrogens is 398 g/mol. The average Bonchev–Trinajstić information content (AvgIpc) is 3.09. The number of nitrogens with one attached hydrogen (secondary N) is 1. The molecule has 8 nitrogen and oxygen atoms in total. The average molecular weight is 419 g/mol. The van der Waals surface area contributed by atoms with Gasteiger partial charge in [-0.15, -0.1) is 6.58 Å². The molecule has 4 rings (SSSR count). The van der Waals surface area contributed by atoms with E-state index >= 15 is 0 Å². The third kappa shape index (κ3) is 3.56. The highest BCUT2D eigenvalue weighted by atomic mass is 16.5. The van der Waals surface area contributed by atoms with Gasteiger partial charge in [0, 0.05) is 12.1 Å². The molecule has 1 N–H and O–H groups in total. The Labute approximate surface area is 179 Å². The zero-order valence-corrected chi connectivity index (χ0v) is 16.9. The van der Waals surface area contributed by atoms with Crippen molar-refractivity contribution in [2.45, 2.75) is 19.0 Å². The Hall–Kier alpha value is -3.94. The first-order chi connectivity index (χ1) is 14.9. The summed E-state index contributed by atoms with van der Waals surface area (Å²) < 4.78 is 5.44. The number of anilines is 1. The van der Waals surface area contributed by atoms with Crippen LogP contribution in [-0.4, -0.2) is 47.7 Å². The first kappa shape index (κ1) is 20.3. The van der Waals surface area contributed by atoms with Crippen molar-refractivity contribution in [3.8, 4) is 5.75 Å². The number of urea groups is 1. The maximum absolute atomic E-state index is 13.2. The third-order valence-electron chi connectivity index (χ3n) is 5.37. The minimum Gasteiger partial charge on any atom is -0.482 e. The van der Waals surface area contributed by atoms with Gasteiger partial charge in [0.05, 0.1) is 5.69 Å². The van der Waals surface area contributed by atoms with Gasteiger partial charge in [0.1, 0.15) is 17.8 Å². The Morgan fingerprint density at radius 2 is 1.97 bits per heavy atom. The summed E-state index contributed by atoms with van der Waals surface area (Å²) >= 11 is 0. The Balaban J connectivity index is 1.60. The number of fused-ring (bicyclic) bond motifs is 1. The standard InChI is InChI=1S/C23H21N3O5/c1-3-11-25-17-12-16(9-10-18(17)31-13-19(25)27)21(28)14(2)26-22(29)20(24-23(26)30)15-7-5-4-6-8-15/h3-10,12,14,20H,1,11,13H2,2H3,(H,24,30). The Bertz CT molecular complexity index is 1080. The molecule has 158 valence electrons. The molecule has 2 heterocycles. The summed E-state index contributed by atoms with van der Waals surface area (Å²) in [5, 5.41) is 2.64. The number of benzene rings is 2. The van der Waals surface area contributed by atoms with Gasteiger partial charge in [-0.3, -0.25) is 19.3 Å². The van der Waals surface area contributed by atoms with Gasteiger partial charge >= 0.3 is 6.03 Å². The number of carbonyl (C=O) groups excluding carboxylic acids is 4. The number of Topliss-reactive ketones (excluding diaryl/α,β-unsaturated/α-hetero) is 1. The Morgan fingerprint density at radius 1 is 1.23 bits per heavy atom. The predicted octanol–water partition coefficient (Wildman–Crippen LogP) is 2.46. The van der Waals surface area contributed by atoms with Crippen LogP contribution in [0.4, 0.5) is 10.5 Å². The second-order valence-electron chi connectivity index (χ2n) is 7.31. The van der Waals surface area contributed by atoms with Crippen LogP contribution in [0.2, 0.25) is 0 Å². The fourth-order valence-corrected chi connectivity index (χ4v) is 3.78. The molecule has 2 aromatic carbocycles. The van der Waals surface area contributed by atoms with Crippen LogP contribution in [0.25, 0.3) is 0 Å². The van der Waals surface area contributed by atoms with Crippen LogP contribution in [0.5, 0.6) is 5.75 Å². The number of imide groups is 1. The number of hydrogen-bond acceptors (Lipinski definition) is 5. The van der Waals surface area contributed by atoms with Gasteiger partial charge in [0.2, 0.25) is 0 Å². The van der Waals surface area contributed by atoms with Crippen molar-refractivity contribution < 1.29 is 23.9 Å². The molecule has 1 saturated heterocycles. The highest BCUT2D eigenvalue weighted by molar-refractivity contribution is 6.11. The normalized spacial score (nSPS) is 18.9. The van der Waals surface area contributed by atoms with E-state index in [0.29, 0.717) is 17.0 Å². The van der Waals surface area contributed by atoms with Crippen molar-refractivity contribution in [3.05, 3.63) is 72.3 Å². The van der Waals surface area contributed by atoms with Crippen LogP contribution in [0.3, 0.4) is 0 Å². The van der Waals surface area contributed by atoms with Crippen molar-refractivity contribution in [1.29, 1.82) is 0 Å². The molecule has 0 saturated carbocycles. The van der Waals surface area contributed by atoms with E-state index in [1.807, 2.05) is 6.07 Å². The number of ether oxygens (including phenoxy) is 1. The molecule has 0 spiro atoms. The summed E-state index contributed by atoms with van der Waals surface area (Å²) in [6.07, 6.45) is 1.58. The van der Waals surface area contributed by atoms with Gasteiger partial charge in [-0.25, -0.2) is 4.79 Å². The van der Waals surface area contributed by atoms with E-state index in [1.54, 1.807) is 48.5 Å². The van der Waals surface area contributed by atoms with Crippen LogP contribution in [-0.2, 0) is 9.59 Å². The molecule has 0 aromatic heterocycles. The molecule has 4 amide bonds. The molecule has 0 aliphatic carbocycles. The summed E-state index contributed by atoms with van der Waals surface area (Å²) in [4.78, 5) is 53.2. The maximum Gasteiger partial charge on any atom is 0.325 e. The molecule has 1 fully saturated rings. The summed E-state index contributed by atoms with van der Waals surface area (Å²) in [5.74, 6) is -0.673. The fourth-order valence-electron chi connectivity index (χ4n) is 3.78. The van der Waals surface area contributed by atoms with Gasteiger partial charge in [0.15, 0.2) is 12.4 Å². The predicted molar refractivity (Wildman–Crippen MR) is 113 cm³/mol. The lowest BCUT2D eigenvalue weighted by Crippen LogP contribution is -2.43. The molecule has 2 atom stereocenters. The van der Waals surface area contributed by atoms with E-state index in [2.05, 4.69) is 11.9 Å². The molecule has 8 heteroatoms. The zero-order valence-electron chi connectivity index (χ0n) is 16.9. The lowest BCUT2D eigenvalue weighted by molar-refractivity contribution is -0.128. The number of ketones is 1. The maximum atomic E-state index is 13.2. The van der Waals surface area contributed by atoms with Crippen LogP contribution in [0, 0.1) is 0 Å². The van der Waals surface area contributed by atoms with E-state index in [4.69, 9.17) is 4.74 Å². The van der Waals surface area contributed by atoms with Gasteiger partial charge in [-0.1, -0.05) is 36.4 Å². The Kier molecular flexibility index (Phi) is 5.29. The van der Waals surface area contributed by atoms with E-state index < -0.39 is 29.8 Å². The highest BCUT2D eigenvalue weighted by Gasteiger charge is 2.43. The van der Waals surface area contributed by atoms with Crippen LogP contribution >= 0.6 is 0 Å². The lowest BCUT2D eigenvalue weighted by atomic mass is 10.0. The molecule has 0 radical (unpaired) electrons. The van der Waals surface area contributed by atoms with Crippen molar-refractivity contribution in [3.63, 3.8) is 0 Å². The topological polar surface area (TPSA) is 96.0 Å². The van der Waals surface area contributed by atoms with Crippen LogP contribution < -0.4 is 15.0 Å². The van der Waals surface area contributed by atoms with Crippen LogP contribution in [0.15, 0.2) is 61.2 Å². The zero-order chi connectivity index (χ0) is 22.1. The molecule has 31 heavy (non-hydrogen) atoms.